The minimum absolute atomic E-state index is 0.191. The maximum atomic E-state index is 12.3. The fourth-order valence-corrected chi connectivity index (χ4v) is 3.89. The maximum Gasteiger partial charge on any atom is 0.237 e. The van der Waals surface area contributed by atoms with E-state index in [1.165, 1.54) is 7.11 Å². The van der Waals surface area contributed by atoms with Crippen LogP contribution in [0.4, 0.5) is 0 Å². The average Bonchev–Trinajstić information content (AvgIpc) is 2.49. The minimum atomic E-state index is -0.858. The summed E-state index contributed by atoms with van der Waals surface area (Å²) >= 11 is 3.28. The smallest absolute Gasteiger partial charge is 0.237 e. The van der Waals surface area contributed by atoms with E-state index in [2.05, 4.69) is 22.0 Å². The second-order valence-electron chi connectivity index (χ2n) is 6.46. The van der Waals surface area contributed by atoms with Crippen LogP contribution in [0.15, 0.2) is 27.6 Å². The third-order valence-corrected chi connectivity index (χ3v) is 5.62. The van der Waals surface area contributed by atoms with Crippen LogP contribution < -0.4 is 10.2 Å². The number of hydrogen-bond donors (Lipinski definition) is 1. The highest BCUT2D eigenvalue weighted by Gasteiger charge is 2.55. The van der Waals surface area contributed by atoms with Gasteiger partial charge in [-0.2, -0.15) is 0 Å². The number of aliphatic hydroxyl groups excluding tert-OH is 1. The zero-order chi connectivity index (χ0) is 16.1. The molecule has 6 heteroatoms. The first-order chi connectivity index (χ1) is 10.3. The van der Waals surface area contributed by atoms with Crippen LogP contribution in [-0.2, 0) is 11.3 Å². The Morgan fingerprint density at radius 1 is 1.45 bits per heavy atom. The van der Waals surface area contributed by atoms with Crippen molar-refractivity contribution in [1.82, 2.24) is 4.57 Å². The molecule has 1 N–H and O–H groups in total. The van der Waals surface area contributed by atoms with E-state index in [1.807, 2.05) is 24.5 Å². The molecule has 1 aromatic rings. The number of aliphatic hydroxyl groups is 1. The number of ether oxygens (including phenoxy) is 2. The standard InChI is InChI=1S/C16H20BrNO4/c1-15(2)14(20)11-13(21-3)12(19)10(17)8-18(11)9-16(15)6-4-5-7-22-16/h4-5,8,14,20H,6-7,9H2,1-3H3. The number of hydrogen-bond acceptors (Lipinski definition) is 4. The van der Waals surface area contributed by atoms with Crippen LogP contribution >= 0.6 is 15.9 Å². The Morgan fingerprint density at radius 3 is 2.77 bits per heavy atom. The van der Waals surface area contributed by atoms with Crippen LogP contribution in [0, 0.1) is 5.41 Å². The van der Waals surface area contributed by atoms with Crippen molar-refractivity contribution in [3.05, 3.63) is 38.7 Å². The maximum absolute atomic E-state index is 12.3. The van der Waals surface area contributed by atoms with E-state index in [1.54, 1.807) is 6.20 Å². The molecule has 0 bridgehead atoms. The predicted octanol–water partition coefficient (Wildman–Crippen LogP) is 2.41. The van der Waals surface area contributed by atoms with E-state index in [4.69, 9.17) is 9.47 Å². The molecule has 0 fully saturated rings. The molecule has 2 unspecified atom stereocenters. The molecule has 3 rings (SSSR count). The number of fused-ring (bicyclic) bond motifs is 1. The molecule has 3 heterocycles. The molecule has 22 heavy (non-hydrogen) atoms. The molecule has 0 saturated heterocycles. The van der Waals surface area contributed by atoms with Crippen molar-refractivity contribution in [2.75, 3.05) is 13.7 Å². The summed E-state index contributed by atoms with van der Waals surface area (Å²) in [6.07, 6.45) is 5.66. The lowest BCUT2D eigenvalue weighted by atomic mass is 9.65. The molecule has 0 aliphatic carbocycles. The van der Waals surface area contributed by atoms with Gasteiger partial charge in [-0.1, -0.05) is 26.0 Å². The van der Waals surface area contributed by atoms with Gasteiger partial charge in [0.1, 0.15) is 6.10 Å². The highest BCUT2D eigenvalue weighted by atomic mass is 79.9. The molecule has 0 saturated carbocycles. The van der Waals surface area contributed by atoms with Crippen LogP contribution in [0.2, 0.25) is 0 Å². The number of rotatable bonds is 1. The number of aromatic nitrogens is 1. The van der Waals surface area contributed by atoms with E-state index in [-0.39, 0.29) is 11.2 Å². The Kier molecular flexibility index (Phi) is 3.74. The zero-order valence-electron chi connectivity index (χ0n) is 12.9. The first-order valence-corrected chi connectivity index (χ1v) is 8.07. The van der Waals surface area contributed by atoms with Crippen LogP contribution in [-0.4, -0.2) is 29.0 Å². The van der Waals surface area contributed by atoms with Crippen LogP contribution in [0.5, 0.6) is 5.75 Å². The summed E-state index contributed by atoms with van der Waals surface area (Å²) in [5.41, 5.74) is -0.785. The van der Waals surface area contributed by atoms with Crippen molar-refractivity contribution in [2.45, 2.75) is 38.5 Å². The second kappa shape index (κ2) is 5.22. The van der Waals surface area contributed by atoms with E-state index < -0.39 is 17.1 Å². The fraction of sp³-hybridized carbons (Fsp3) is 0.562. The normalized spacial score (nSPS) is 29.4. The van der Waals surface area contributed by atoms with Crippen molar-refractivity contribution in [3.63, 3.8) is 0 Å². The van der Waals surface area contributed by atoms with Gasteiger partial charge in [0.25, 0.3) is 0 Å². The monoisotopic (exact) mass is 369 g/mol. The molecule has 5 nitrogen and oxygen atoms in total. The molecule has 2 aliphatic heterocycles. The van der Waals surface area contributed by atoms with Gasteiger partial charge >= 0.3 is 0 Å². The van der Waals surface area contributed by atoms with Crippen molar-refractivity contribution in [3.8, 4) is 5.75 Å². The van der Waals surface area contributed by atoms with Crippen molar-refractivity contribution in [1.29, 1.82) is 0 Å². The SMILES string of the molecule is COc1c2n(cc(Br)c1=O)CC1(CC=CCO1)C(C)(C)C2O. The first-order valence-electron chi connectivity index (χ1n) is 7.28. The number of methoxy groups -OCH3 is 1. The minimum Gasteiger partial charge on any atom is -0.491 e. The summed E-state index contributed by atoms with van der Waals surface area (Å²) < 4.78 is 13.7. The Morgan fingerprint density at radius 2 is 2.18 bits per heavy atom. The highest BCUT2D eigenvalue weighted by molar-refractivity contribution is 9.10. The van der Waals surface area contributed by atoms with Gasteiger partial charge < -0.3 is 19.1 Å². The zero-order valence-corrected chi connectivity index (χ0v) is 14.5. The Labute approximate surface area is 137 Å². The van der Waals surface area contributed by atoms with Crippen molar-refractivity contribution >= 4 is 15.9 Å². The first kappa shape index (κ1) is 15.8. The van der Waals surface area contributed by atoms with Crippen LogP contribution in [0.25, 0.3) is 0 Å². The third kappa shape index (κ3) is 2.01. The van der Waals surface area contributed by atoms with Gasteiger partial charge in [-0.05, 0) is 22.4 Å². The van der Waals surface area contributed by atoms with Gasteiger partial charge in [0, 0.05) is 11.6 Å². The molecular formula is C16H20BrNO4. The lowest BCUT2D eigenvalue weighted by molar-refractivity contribution is -0.185. The largest absolute Gasteiger partial charge is 0.491 e. The topological polar surface area (TPSA) is 60.7 Å². The summed E-state index contributed by atoms with van der Waals surface area (Å²) in [7, 11) is 1.45. The summed E-state index contributed by atoms with van der Waals surface area (Å²) in [6, 6.07) is 0. The number of pyridine rings is 1. The van der Waals surface area contributed by atoms with Gasteiger partial charge in [-0.3, -0.25) is 4.79 Å². The molecule has 2 aliphatic rings. The predicted molar refractivity (Wildman–Crippen MR) is 86.1 cm³/mol. The van der Waals surface area contributed by atoms with Crippen LogP contribution in [0.1, 0.15) is 32.1 Å². The molecule has 1 spiro atoms. The van der Waals surface area contributed by atoms with Crippen molar-refractivity contribution in [2.24, 2.45) is 5.41 Å². The lowest BCUT2D eigenvalue weighted by Crippen LogP contribution is -2.57. The third-order valence-electron chi connectivity index (χ3n) is 5.05. The molecule has 2 atom stereocenters. The second-order valence-corrected chi connectivity index (χ2v) is 7.31. The highest BCUT2D eigenvalue weighted by Crippen LogP contribution is 2.53. The molecule has 120 valence electrons. The average molecular weight is 370 g/mol. The Bertz CT molecular complexity index is 694. The quantitative estimate of drug-likeness (QED) is 0.772. The van der Waals surface area contributed by atoms with Gasteiger partial charge in [0.2, 0.25) is 5.43 Å². The van der Waals surface area contributed by atoms with Gasteiger partial charge in [-0.15, -0.1) is 0 Å². The van der Waals surface area contributed by atoms with E-state index >= 15 is 0 Å². The number of nitrogens with zero attached hydrogens (tertiary/aromatic N) is 1. The molecular weight excluding hydrogens is 350 g/mol. The molecule has 0 aromatic carbocycles. The van der Waals surface area contributed by atoms with Crippen molar-refractivity contribution < 1.29 is 14.6 Å². The molecule has 0 radical (unpaired) electrons. The van der Waals surface area contributed by atoms with Gasteiger partial charge in [0.15, 0.2) is 5.75 Å². The van der Waals surface area contributed by atoms with Gasteiger partial charge in [-0.25, -0.2) is 0 Å². The fourth-order valence-electron chi connectivity index (χ4n) is 3.47. The Balaban J connectivity index is 2.24. The number of halogens is 1. The van der Waals surface area contributed by atoms with E-state index in [0.717, 1.165) is 6.42 Å². The summed E-state index contributed by atoms with van der Waals surface area (Å²) in [5.74, 6) is 0.191. The molecule has 0 amide bonds. The Hall–Kier alpha value is -1.11. The van der Waals surface area contributed by atoms with E-state index in [0.29, 0.717) is 23.3 Å². The summed E-state index contributed by atoms with van der Waals surface area (Å²) in [6.45, 7) is 5.05. The van der Waals surface area contributed by atoms with Gasteiger partial charge in [0.05, 0.1) is 36.0 Å². The van der Waals surface area contributed by atoms with Crippen LogP contribution in [0.3, 0.4) is 0 Å². The molecule has 1 aromatic heterocycles. The van der Waals surface area contributed by atoms with E-state index in [9.17, 15) is 9.90 Å². The lowest BCUT2D eigenvalue weighted by Gasteiger charge is -2.53. The summed E-state index contributed by atoms with van der Waals surface area (Å²) in [4.78, 5) is 12.3. The summed E-state index contributed by atoms with van der Waals surface area (Å²) in [5, 5.41) is 11.0.